The minimum atomic E-state index is -0.0410. The summed E-state index contributed by atoms with van der Waals surface area (Å²) in [7, 11) is 1.92. The lowest BCUT2D eigenvalue weighted by Gasteiger charge is -2.15. The second kappa shape index (κ2) is 4.94. The van der Waals surface area contributed by atoms with Crippen LogP contribution in [0.1, 0.15) is 37.8 Å². The Balaban J connectivity index is 2.28. The van der Waals surface area contributed by atoms with Crippen LogP contribution in [0.15, 0.2) is 12.4 Å². The normalized spacial score (nSPS) is 14.7. The van der Waals surface area contributed by atoms with Crippen molar-refractivity contribution in [3.05, 3.63) is 23.9 Å². The monoisotopic (exact) mass is 247 g/mol. The molecule has 0 aliphatic rings. The summed E-state index contributed by atoms with van der Waals surface area (Å²) >= 11 is 0. The van der Waals surface area contributed by atoms with E-state index < -0.39 is 0 Å². The molecule has 0 aromatic carbocycles. The molecule has 0 saturated heterocycles. The van der Waals surface area contributed by atoms with Gasteiger partial charge in [0.1, 0.15) is 5.82 Å². The fourth-order valence-corrected chi connectivity index (χ4v) is 2.03. The highest BCUT2D eigenvalue weighted by Crippen LogP contribution is 2.24. The van der Waals surface area contributed by atoms with Gasteiger partial charge in [-0.3, -0.25) is 4.68 Å². The first kappa shape index (κ1) is 12.8. The van der Waals surface area contributed by atoms with E-state index in [1.165, 1.54) is 0 Å². The van der Waals surface area contributed by atoms with E-state index in [0.717, 1.165) is 29.2 Å². The summed E-state index contributed by atoms with van der Waals surface area (Å²) < 4.78 is 1.81. The molecule has 2 heterocycles. The summed E-state index contributed by atoms with van der Waals surface area (Å²) in [4.78, 5) is 7.70. The van der Waals surface area contributed by atoms with Crippen LogP contribution in [0, 0.1) is 12.8 Å². The standard InChI is InChI=1S/C13H21N5/c1-5-8(2)12(14)13-15-6-11(16-13)10-7-18(4)17-9(10)3/h6-8,12H,5,14H2,1-4H3,(H,15,16). The Labute approximate surface area is 107 Å². The minimum Gasteiger partial charge on any atom is -0.341 e. The van der Waals surface area contributed by atoms with E-state index in [-0.39, 0.29) is 6.04 Å². The maximum Gasteiger partial charge on any atom is 0.123 e. The molecule has 0 radical (unpaired) electrons. The van der Waals surface area contributed by atoms with Crippen LogP contribution in [0.4, 0.5) is 0 Å². The minimum absolute atomic E-state index is 0.0410. The third-order valence-electron chi connectivity index (χ3n) is 3.47. The smallest absolute Gasteiger partial charge is 0.123 e. The Kier molecular flexibility index (Phi) is 3.52. The number of hydrogen-bond acceptors (Lipinski definition) is 3. The Morgan fingerprint density at radius 3 is 2.78 bits per heavy atom. The zero-order chi connectivity index (χ0) is 13.3. The highest BCUT2D eigenvalue weighted by molar-refractivity contribution is 5.60. The van der Waals surface area contributed by atoms with Gasteiger partial charge in [-0.1, -0.05) is 20.3 Å². The van der Waals surface area contributed by atoms with E-state index in [4.69, 9.17) is 5.73 Å². The van der Waals surface area contributed by atoms with Gasteiger partial charge in [-0.05, 0) is 12.8 Å². The lowest BCUT2D eigenvalue weighted by atomic mass is 10.00. The van der Waals surface area contributed by atoms with Crippen LogP contribution in [0.25, 0.3) is 11.3 Å². The van der Waals surface area contributed by atoms with E-state index in [9.17, 15) is 0 Å². The predicted molar refractivity (Wildman–Crippen MR) is 71.9 cm³/mol. The summed E-state index contributed by atoms with van der Waals surface area (Å²) in [6.07, 6.45) is 4.87. The zero-order valence-electron chi connectivity index (χ0n) is 11.4. The number of aromatic nitrogens is 4. The average Bonchev–Trinajstić information content (AvgIpc) is 2.93. The molecule has 5 nitrogen and oxygen atoms in total. The lowest BCUT2D eigenvalue weighted by Crippen LogP contribution is -2.19. The largest absolute Gasteiger partial charge is 0.341 e. The number of aromatic amines is 1. The van der Waals surface area contributed by atoms with E-state index in [1.54, 1.807) is 4.68 Å². The van der Waals surface area contributed by atoms with Crippen molar-refractivity contribution >= 4 is 0 Å². The van der Waals surface area contributed by atoms with Gasteiger partial charge >= 0.3 is 0 Å². The van der Waals surface area contributed by atoms with Crippen molar-refractivity contribution in [2.45, 2.75) is 33.2 Å². The molecule has 5 heteroatoms. The van der Waals surface area contributed by atoms with E-state index in [0.29, 0.717) is 5.92 Å². The molecular formula is C13H21N5. The van der Waals surface area contributed by atoms with Crippen molar-refractivity contribution in [2.24, 2.45) is 18.7 Å². The molecule has 2 rings (SSSR count). The van der Waals surface area contributed by atoms with Crippen LogP contribution in [0.2, 0.25) is 0 Å². The van der Waals surface area contributed by atoms with E-state index in [2.05, 4.69) is 28.9 Å². The molecule has 2 aromatic rings. The highest BCUT2D eigenvalue weighted by atomic mass is 15.2. The van der Waals surface area contributed by atoms with Gasteiger partial charge in [0.2, 0.25) is 0 Å². The van der Waals surface area contributed by atoms with Crippen LogP contribution in [0.3, 0.4) is 0 Å². The summed E-state index contributed by atoms with van der Waals surface area (Å²) in [5.74, 6) is 1.27. The van der Waals surface area contributed by atoms with E-state index in [1.807, 2.05) is 26.4 Å². The average molecular weight is 247 g/mol. The van der Waals surface area contributed by atoms with Gasteiger partial charge in [-0.15, -0.1) is 0 Å². The van der Waals surface area contributed by atoms with Crippen molar-refractivity contribution < 1.29 is 0 Å². The molecule has 0 bridgehead atoms. The molecule has 0 aliphatic carbocycles. The van der Waals surface area contributed by atoms with E-state index >= 15 is 0 Å². The van der Waals surface area contributed by atoms with Gasteiger partial charge in [0.15, 0.2) is 0 Å². The van der Waals surface area contributed by atoms with Crippen molar-refractivity contribution in [3.63, 3.8) is 0 Å². The first-order chi connectivity index (χ1) is 8.52. The fourth-order valence-electron chi connectivity index (χ4n) is 2.03. The molecule has 0 spiro atoms. The molecular weight excluding hydrogens is 226 g/mol. The quantitative estimate of drug-likeness (QED) is 0.869. The second-order valence-electron chi connectivity index (χ2n) is 4.90. The fraction of sp³-hybridized carbons (Fsp3) is 0.538. The molecule has 98 valence electrons. The van der Waals surface area contributed by atoms with Crippen molar-refractivity contribution in [3.8, 4) is 11.3 Å². The Morgan fingerprint density at radius 2 is 2.22 bits per heavy atom. The zero-order valence-corrected chi connectivity index (χ0v) is 11.4. The van der Waals surface area contributed by atoms with Crippen LogP contribution in [-0.2, 0) is 7.05 Å². The van der Waals surface area contributed by atoms with Gasteiger partial charge in [-0.25, -0.2) is 4.98 Å². The van der Waals surface area contributed by atoms with Crippen LogP contribution < -0.4 is 5.73 Å². The molecule has 0 aliphatic heterocycles. The number of nitrogens with two attached hydrogens (primary N) is 1. The third-order valence-corrected chi connectivity index (χ3v) is 3.47. The maximum atomic E-state index is 6.17. The summed E-state index contributed by atoms with van der Waals surface area (Å²) in [6.45, 7) is 6.27. The summed E-state index contributed by atoms with van der Waals surface area (Å²) in [5, 5.41) is 4.33. The number of aryl methyl sites for hydroxylation is 2. The van der Waals surface area contributed by atoms with Crippen molar-refractivity contribution in [2.75, 3.05) is 0 Å². The van der Waals surface area contributed by atoms with Crippen molar-refractivity contribution in [1.29, 1.82) is 0 Å². The maximum absolute atomic E-state index is 6.17. The molecule has 0 saturated carbocycles. The first-order valence-electron chi connectivity index (χ1n) is 6.34. The van der Waals surface area contributed by atoms with Gasteiger partial charge < -0.3 is 10.7 Å². The van der Waals surface area contributed by atoms with Gasteiger partial charge in [-0.2, -0.15) is 5.10 Å². The molecule has 2 aromatic heterocycles. The summed E-state index contributed by atoms with van der Waals surface area (Å²) in [6, 6.07) is -0.0410. The topological polar surface area (TPSA) is 72.5 Å². The first-order valence-corrected chi connectivity index (χ1v) is 6.34. The molecule has 18 heavy (non-hydrogen) atoms. The molecule has 0 amide bonds. The van der Waals surface area contributed by atoms with Gasteiger partial charge in [0.25, 0.3) is 0 Å². The number of rotatable bonds is 4. The number of hydrogen-bond donors (Lipinski definition) is 2. The molecule has 2 atom stereocenters. The van der Waals surface area contributed by atoms with Crippen molar-refractivity contribution in [1.82, 2.24) is 19.7 Å². The number of nitrogens with zero attached hydrogens (tertiary/aromatic N) is 3. The second-order valence-corrected chi connectivity index (χ2v) is 4.90. The molecule has 2 unspecified atom stereocenters. The predicted octanol–water partition coefficient (Wildman–Crippen LogP) is 2.16. The van der Waals surface area contributed by atoms with Gasteiger partial charge in [0.05, 0.1) is 23.6 Å². The van der Waals surface area contributed by atoms with Crippen LogP contribution in [-0.4, -0.2) is 19.7 Å². The van der Waals surface area contributed by atoms with Gasteiger partial charge in [0, 0.05) is 18.8 Å². The summed E-state index contributed by atoms with van der Waals surface area (Å²) in [5.41, 5.74) is 9.22. The molecule has 3 N–H and O–H groups in total. The highest BCUT2D eigenvalue weighted by Gasteiger charge is 2.17. The van der Waals surface area contributed by atoms with Crippen LogP contribution in [0.5, 0.6) is 0 Å². The Morgan fingerprint density at radius 1 is 1.50 bits per heavy atom. The number of nitrogens with one attached hydrogen (secondary N) is 1. The Hall–Kier alpha value is -1.62. The third kappa shape index (κ3) is 2.31. The Bertz CT molecular complexity index is 525. The van der Waals surface area contributed by atoms with Crippen LogP contribution >= 0.6 is 0 Å². The molecule has 0 fully saturated rings. The number of H-pyrrole nitrogens is 1. The lowest BCUT2D eigenvalue weighted by molar-refractivity contribution is 0.441. The number of imidazole rings is 1. The SMILES string of the molecule is CCC(C)C(N)c1ncc(-c2cn(C)nc2C)[nH]1.